The van der Waals surface area contributed by atoms with Crippen molar-refractivity contribution in [2.45, 2.75) is 147 Å². The summed E-state index contributed by atoms with van der Waals surface area (Å²) in [5.41, 5.74) is 0.928. The van der Waals surface area contributed by atoms with Crippen LogP contribution in [0.5, 0.6) is 0 Å². The molecule has 1 N–H and O–H groups in total. The predicted molar refractivity (Wildman–Crippen MR) is 155 cm³/mol. The summed E-state index contributed by atoms with van der Waals surface area (Å²) in [5, 5.41) is 0. The molecule has 0 aliphatic heterocycles. The van der Waals surface area contributed by atoms with E-state index in [4.69, 9.17) is 0 Å². The SMILES string of the molecule is CCCCCCCCCCCCCCCCCCCCCC[NH+](C)C.Cc1ccc(S(=O)(=O)[O-])cc1. The number of hydrogen-bond acceptors (Lipinski definition) is 3. The van der Waals surface area contributed by atoms with Crippen molar-refractivity contribution in [1.29, 1.82) is 0 Å². The Labute approximate surface area is 225 Å². The molecule has 0 radical (unpaired) electrons. The zero-order valence-corrected chi connectivity index (χ0v) is 25.1. The van der Waals surface area contributed by atoms with E-state index in [9.17, 15) is 13.0 Å². The van der Waals surface area contributed by atoms with Crippen molar-refractivity contribution in [2.75, 3.05) is 20.6 Å². The summed E-state index contributed by atoms with van der Waals surface area (Å²) >= 11 is 0. The van der Waals surface area contributed by atoms with E-state index < -0.39 is 10.1 Å². The first kappa shape index (κ1) is 35.1. The Bertz CT molecular complexity index is 686. The lowest BCUT2D eigenvalue weighted by Crippen LogP contribution is -3.05. The first-order chi connectivity index (χ1) is 17.3. The maximum atomic E-state index is 10.4. The van der Waals surface area contributed by atoms with Gasteiger partial charge < -0.3 is 9.45 Å². The van der Waals surface area contributed by atoms with Crippen molar-refractivity contribution < 1.29 is 17.9 Å². The van der Waals surface area contributed by atoms with Crippen molar-refractivity contribution in [2.24, 2.45) is 0 Å². The minimum absolute atomic E-state index is 0.178. The van der Waals surface area contributed by atoms with Crippen LogP contribution in [0.3, 0.4) is 0 Å². The average Bonchev–Trinajstić information content (AvgIpc) is 2.83. The van der Waals surface area contributed by atoms with Crippen molar-refractivity contribution in [1.82, 2.24) is 0 Å². The van der Waals surface area contributed by atoms with E-state index in [2.05, 4.69) is 21.0 Å². The summed E-state index contributed by atoms with van der Waals surface area (Å²) in [6, 6.07) is 5.78. The smallest absolute Gasteiger partial charge is 0.124 e. The Morgan fingerprint density at radius 3 is 1.17 bits per heavy atom. The summed E-state index contributed by atoms with van der Waals surface area (Å²) in [4.78, 5) is 1.42. The van der Waals surface area contributed by atoms with Crippen LogP contribution in [-0.4, -0.2) is 33.6 Å². The molecule has 1 aromatic rings. The summed E-state index contributed by atoms with van der Waals surface area (Å²) in [7, 11) is 0.249. The Hall–Kier alpha value is -0.910. The van der Waals surface area contributed by atoms with Gasteiger partial charge in [-0.05, 0) is 31.9 Å². The van der Waals surface area contributed by atoms with Crippen LogP contribution >= 0.6 is 0 Å². The quantitative estimate of drug-likeness (QED) is 0.124. The molecule has 5 heteroatoms. The second kappa shape index (κ2) is 24.4. The number of nitrogens with one attached hydrogen (secondary N) is 1. The normalized spacial score (nSPS) is 11.5. The predicted octanol–water partition coefficient (Wildman–Crippen LogP) is 7.85. The molecule has 0 saturated heterocycles. The highest BCUT2D eigenvalue weighted by Crippen LogP contribution is 2.14. The van der Waals surface area contributed by atoms with Gasteiger partial charge in [-0.25, -0.2) is 8.42 Å². The third kappa shape index (κ3) is 24.8. The lowest BCUT2D eigenvalue weighted by Gasteiger charge is -2.06. The van der Waals surface area contributed by atoms with E-state index in [1.807, 2.05) is 6.92 Å². The molecule has 0 atom stereocenters. The van der Waals surface area contributed by atoms with Crippen LogP contribution in [-0.2, 0) is 10.1 Å². The van der Waals surface area contributed by atoms with Crippen LogP contribution in [0.4, 0.5) is 0 Å². The van der Waals surface area contributed by atoms with Gasteiger partial charge in [0.2, 0.25) is 0 Å². The standard InChI is InChI=1S/C24H51N.C7H8O3S/c1-4-5-6-7-8-9-10-11-12-13-14-15-16-17-18-19-20-21-22-23-24-25(2)3;1-6-2-4-7(5-3-6)11(8,9)10/h4-24H2,1-3H3;2-5H,1H3,(H,8,9,10). The third-order valence-electron chi connectivity index (χ3n) is 6.84. The van der Waals surface area contributed by atoms with Gasteiger partial charge in [-0.3, -0.25) is 0 Å². The number of rotatable bonds is 22. The molecule has 0 aromatic heterocycles. The zero-order chi connectivity index (χ0) is 26.9. The van der Waals surface area contributed by atoms with E-state index in [-0.39, 0.29) is 4.90 Å². The van der Waals surface area contributed by atoms with Gasteiger partial charge >= 0.3 is 0 Å². The lowest BCUT2D eigenvalue weighted by atomic mass is 10.0. The fourth-order valence-corrected chi connectivity index (χ4v) is 4.91. The van der Waals surface area contributed by atoms with Gasteiger partial charge in [0.25, 0.3) is 0 Å². The van der Waals surface area contributed by atoms with Crippen molar-refractivity contribution in [3.05, 3.63) is 29.8 Å². The van der Waals surface area contributed by atoms with Gasteiger partial charge in [0.1, 0.15) is 10.1 Å². The summed E-state index contributed by atoms with van der Waals surface area (Å²) < 4.78 is 31.2. The Balaban J connectivity index is 0.000000918. The molecule has 0 bridgehead atoms. The largest absolute Gasteiger partial charge is 0.744 e. The summed E-state index contributed by atoms with van der Waals surface area (Å²) in [5.74, 6) is 0. The highest BCUT2D eigenvalue weighted by atomic mass is 32.2. The van der Waals surface area contributed by atoms with Crippen LogP contribution in [0, 0.1) is 6.92 Å². The maximum absolute atomic E-state index is 10.4. The monoisotopic (exact) mass is 525 g/mol. The van der Waals surface area contributed by atoms with Gasteiger partial charge in [-0.15, -0.1) is 0 Å². The minimum Gasteiger partial charge on any atom is -0.744 e. The zero-order valence-electron chi connectivity index (χ0n) is 24.3. The maximum Gasteiger partial charge on any atom is 0.124 e. The van der Waals surface area contributed by atoms with Gasteiger partial charge in [0.05, 0.1) is 25.5 Å². The molecular formula is C31H59NO3S. The second-order valence-corrected chi connectivity index (χ2v) is 12.3. The molecule has 0 amide bonds. The highest BCUT2D eigenvalue weighted by Gasteiger charge is 1.98. The number of quaternary nitrogens is 1. The Morgan fingerprint density at radius 2 is 0.889 bits per heavy atom. The molecule has 4 nitrogen and oxygen atoms in total. The van der Waals surface area contributed by atoms with Crippen LogP contribution in [0.15, 0.2) is 29.2 Å². The Morgan fingerprint density at radius 1 is 0.583 bits per heavy atom. The molecule has 1 rings (SSSR count). The molecule has 0 unspecified atom stereocenters. The summed E-state index contributed by atoms with van der Waals surface area (Å²) in [6.45, 7) is 5.47. The van der Waals surface area contributed by atoms with Gasteiger partial charge in [0.15, 0.2) is 0 Å². The molecule has 212 valence electrons. The molecule has 0 aliphatic carbocycles. The molecule has 0 fully saturated rings. The van der Waals surface area contributed by atoms with E-state index >= 15 is 0 Å². The molecule has 0 heterocycles. The van der Waals surface area contributed by atoms with Crippen LogP contribution in [0.2, 0.25) is 0 Å². The van der Waals surface area contributed by atoms with Crippen molar-refractivity contribution >= 4 is 10.1 Å². The first-order valence-corrected chi connectivity index (χ1v) is 16.5. The van der Waals surface area contributed by atoms with Crippen molar-refractivity contribution in [3.63, 3.8) is 0 Å². The Kier molecular flexibility index (Phi) is 23.8. The van der Waals surface area contributed by atoms with Crippen LogP contribution in [0.1, 0.15) is 141 Å². The third-order valence-corrected chi connectivity index (χ3v) is 7.69. The highest BCUT2D eigenvalue weighted by molar-refractivity contribution is 7.85. The topological polar surface area (TPSA) is 61.6 Å². The fourth-order valence-electron chi connectivity index (χ4n) is 4.44. The van der Waals surface area contributed by atoms with Crippen LogP contribution in [0.25, 0.3) is 0 Å². The second-order valence-electron chi connectivity index (χ2n) is 10.9. The fraction of sp³-hybridized carbons (Fsp3) is 0.806. The molecule has 1 aromatic carbocycles. The van der Waals surface area contributed by atoms with Crippen molar-refractivity contribution in [3.8, 4) is 0 Å². The molecular weight excluding hydrogens is 466 g/mol. The van der Waals surface area contributed by atoms with Gasteiger partial charge in [-0.2, -0.15) is 0 Å². The van der Waals surface area contributed by atoms with Crippen LogP contribution < -0.4 is 4.90 Å². The molecule has 0 spiro atoms. The van der Waals surface area contributed by atoms with E-state index in [0.29, 0.717) is 0 Å². The van der Waals surface area contributed by atoms with E-state index in [1.165, 1.54) is 147 Å². The lowest BCUT2D eigenvalue weighted by molar-refractivity contribution is -0.858. The molecule has 0 saturated carbocycles. The van der Waals surface area contributed by atoms with Gasteiger partial charge in [-0.1, -0.05) is 140 Å². The summed E-state index contributed by atoms with van der Waals surface area (Å²) in [6.07, 6.45) is 29.4. The molecule has 36 heavy (non-hydrogen) atoms. The first-order valence-electron chi connectivity index (χ1n) is 15.1. The molecule has 0 aliphatic rings. The van der Waals surface area contributed by atoms with Gasteiger partial charge in [0, 0.05) is 0 Å². The van der Waals surface area contributed by atoms with E-state index in [1.54, 1.807) is 17.0 Å². The average molecular weight is 526 g/mol. The number of unbranched alkanes of at least 4 members (excludes halogenated alkanes) is 19. The number of aryl methyl sites for hydroxylation is 1. The minimum atomic E-state index is -4.27. The number of benzene rings is 1. The van der Waals surface area contributed by atoms with E-state index in [0.717, 1.165) is 5.56 Å². The number of hydrogen-bond donors (Lipinski definition) is 1.